The van der Waals surface area contributed by atoms with Gasteiger partial charge in [0.15, 0.2) is 0 Å². The highest BCUT2D eigenvalue weighted by atomic mass is 16.4. The average Bonchev–Trinajstić information content (AvgIpc) is 3.20. The van der Waals surface area contributed by atoms with Crippen LogP contribution >= 0.6 is 0 Å². The van der Waals surface area contributed by atoms with Gasteiger partial charge in [-0.25, -0.2) is 9.59 Å². The topological polar surface area (TPSA) is 98.7 Å². The first kappa shape index (κ1) is 16.3. The van der Waals surface area contributed by atoms with Crippen LogP contribution in [0.15, 0.2) is 0 Å². The van der Waals surface area contributed by atoms with Crippen molar-refractivity contribution in [2.45, 2.75) is 39.2 Å². The number of rotatable bonds is 7. The van der Waals surface area contributed by atoms with Crippen molar-refractivity contribution in [3.8, 4) is 0 Å². The minimum atomic E-state index is -1.26. The molecule has 20 heavy (non-hydrogen) atoms. The van der Waals surface area contributed by atoms with Gasteiger partial charge in [-0.3, -0.25) is 4.79 Å². The molecule has 1 fully saturated rings. The Balaban J connectivity index is 2.66. The Morgan fingerprint density at radius 3 is 2.30 bits per heavy atom. The first-order chi connectivity index (χ1) is 9.35. The van der Waals surface area contributed by atoms with Crippen LogP contribution in [0.3, 0.4) is 0 Å². The maximum absolute atomic E-state index is 12.1. The smallest absolute Gasteiger partial charge is 0.329 e. The molecule has 1 saturated carbocycles. The normalized spacial score (nSPS) is 16.9. The minimum absolute atomic E-state index is 0.0351. The van der Waals surface area contributed by atoms with Gasteiger partial charge in [-0.15, -0.1) is 0 Å². The number of nitrogens with one attached hydrogen (secondary N) is 2. The summed E-state index contributed by atoms with van der Waals surface area (Å²) < 4.78 is 0. The molecule has 0 aliphatic heterocycles. The molecule has 0 spiro atoms. The lowest BCUT2D eigenvalue weighted by Crippen LogP contribution is -2.58. The van der Waals surface area contributed by atoms with E-state index in [1.54, 1.807) is 13.8 Å². The lowest BCUT2D eigenvalue weighted by molar-refractivity contribution is -0.144. The van der Waals surface area contributed by atoms with Gasteiger partial charge < -0.3 is 20.6 Å². The number of carboxylic acids is 1. The summed E-state index contributed by atoms with van der Waals surface area (Å²) in [6, 6.07) is -0.518. The summed E-state index contributed by atoms with van der Waals surface area (Å²) in [7, 11) is 0. The van der Waals surface area contributed by atoms with Gasteiger partial charge in [0.1, 0.15) is 12.1 Å². The summed E-state index contributed by atoms with van der Waals surface area (Å²) in [6.07, 6.45) is 1.59. The lowest BCUT2D eigenvalue weighted by Gasteiger charge is -2.30. The Labute approximate surface area is 118 Å². The van der Waals surface area contributed by atoms with E-state index in [-0.39, 0.29) is 18.4 Å². The monoisotopic (exact) mass is 285 g/mol. The van der Waals surface area contributed by atoms with Crippen LogP contribution in [0.25, 0.3) is 0 Å². The molecule has 7 heteroatoms. The Hall–Kier alpha value is -1.79. The fourth-order valence-electron chi connectivity index (χ4n) is 2.05. The minimum Gasteiger partial charge on any atom is -0.480 e. The van der Waals surface area contributed by atoms with Gasteiger partial charge in [-0.1, -0.05) is 0 Å². The predicted molar refractivity (Wildman–Crippen MR) is 73.2 cm³/mol. The van der Waals surface area contributed by atoms with Crippen molar-refractivity contribution in [2.24, 2.45) is 5.92 Å². The van der Waals surface area contributed by atoms with Crippen molar-refractivity contribution in [3.63, 3.8) is 0 Å². The third kappa shape index (κ3) is 3.85. The van der Waals surface area contributed by atoms with E-state index in [0.29, 0.717) is 13.1 Å². The first-order valence-corrected chi connectivity index (χ1v) is 6.92. The largest absolute Gasteiger partial charge is 0.480 e. The summed E-state index contributed by atoms with van der Waals surface area (Å²) in [5.74, 6) is -1.33. The predicted octanol–water partition coefficient (Wildman–Crippen LogP) is 0.407. The molecule has 0 aromatic heterocycles. The van der Waals surface area contributed by atoms with Crippen molar-refractivity contribution in [1.29, 1.82) is 0 Å². The molecule has 1 aliphatic carbocycles. The molecule has 0 heterocycles. The Kier molecular flexibility index (Phi) is 5.35. The first-order valence-electron chi connectivity index (χ1n) is 6.92. The highest BCUT2D eigenvalue weighted by molar-refractivity contribution is 5.89. The fourth-order valence-corrected chi connectivity index (χ4v) is 2.05. The van der Waals surface area contributed by atoms with E-state index < -0.39 is 17.5 Å². The highest BCUT2D eigenvalue weighted by Gasteiger charge is 2.49. The number of hydrogen-bond acceptors (Lipinski definition) is 3. The van der Waals surface area contributed by atoms with E-state index in [4.69, 9.17) is 0 Å². The van der Waals surface area contributed by atoms with Crippen molar-refractivity contribution >= 4 is 17.9 Å². The van der Waals surface area contributed by atoms with Crippen LogP contribution in [0.1, 0.15) is 33.6 Å². The van der Waals surface area contributed by atoms with Crippen LogP contribution in [0.4, 0.5) is 4.79 Å². The standard InChI is InChI=1S/C13H23N3O4/c1-4-14-10(17)8-16(5-2)12(20)15-13(3,11(18)19)9-6-7-9/h9H,4-8H2,1-3H3,(H,14,17)(H,15,20)(H,18,19). The van der Waals surface area contributed by atoms with Crippen molar-refractivity contribution < 1.29 is 19.5 Å². The van der Waals surface area contributed by atoms with Crippen LogP contribution in [0.2, 0.25) is 0 Å². The third-order valence-electron chi connectivity index (χ3n) is 3.58. The second-order valence-corrected chi connectivity index (χ2v) is 5.18. The van der Waals surface area contributed by atoms with Crippen molar-refractivity contribution in [2.75, 3.05) is 19.6 Å². The molecule has 0 bridgehead atoms. The maximum atomic E-state index is 12.1. The fraction of sp³-hybridized carbons (Fsp3) is 0.769. The number of aliphatic carboxylic acids is 1. The number of amides is 3. The number of nitrogens with zero attached hydrogens (tertiary/aromatic N) is 1. The van der Waals surface area contributed by atoms with Crippen LogP contribution in [-0.2, 0) is 9.59 Å². The molecular weight excluding hydrogens is 262 g/mol. The number of carbonyl (C=O) groups is 3. The van der Waals surface area contributed by atoms with Gasteiger partial charge in [0, 0.05) is 13.1 Å². The number of carbonyl (C=O) groups excluding carboxylic acids is 2. The molecule has 1 aliphatic rings. The molecule has 114 valence electrons. The molecule has 0 radical (unpaired) electrons. The number of hydrogen-bond donors (Lipinski definition) is 3. The summed E-state index contributed by atoms with van der Waals surface area (Å²) in [5.41, 5.74) is -1.26. The number of urea groups is 1. The SMILES string of the molecule is CCNC(=O)CN(CC)C(=O)NC(C)(C(=O)O)C1CC1. The Morgan fingerprint density at radius 2 is 1.90 bits per heavy atom. The lowest BCUT2D eigenvalue weighted by atomic mass is 9.96. The molecule has 0 saturated heterocycles. The molecule has 0 aromatic carbocycles. The quantitative estimate of drug-likeness (QED) is 0.631. The molecule has 1 unspecified atom stereocenters. The molecule has 1 atom stereocenters. The van der Waals surface area contributed by atoms with E-state index in [9.17, 15) is 19.5 Å². The second-order valence-electron chi connectivity index (χ2n) is 5.18. The zero-order valence-corrected chi connectivity index (χ0v) is 12.2. The van der Waals surface area contributed by atoms with Crippen LogP contribution in [0.5, 0.6) is 0 Å². The van der Waals surface area contributed by atoms with E-state index in [2.05, 4.69) is 10.6 Å². The van der Waals surface area contributed by atoms with Crippen LogP contribution in [-0.4, -0.2) is 53.1 Å². The van der Waals surface area contributed by atoms with Crippen molar-refractivity contribution in [1.82, 2.24) is 15.5 Å². The zero-order chi connectivity index (χ0) is 15.3. The molecule has 1 rings (SSSR count). The number of carboxylic acid groups (broad SMARTS) is 1. The molecule has 3 amide bonds. The van der Waals surface area contributed by atoms with E-state index >= 15 is 0 Å². The molecular formula is C13H23N3O4. The average molecular weight is 285 g/mol. The van der Waals surface area contributed by atoms with Gasteiger partial charge >= 0.3 is 12.0 Å². The van der Waals surface area contributed by atoms with E-state index in [1.165, 1.54) is 11.8 Å². The van der Waals surface area contributed by atoms with Gasteiger partial charge in [-0.05, 0) is 39.5 Å². The van der Waals surface area contributed by atoms with Gasteiger partial charge in [0.05, 0.1) is 0 Å². The van der Waals surface area contributed by atoms with Gasteiger partial charge in [-0.2, -0.15) is 0 Å². The Bertz CT molecular complexity index is 395. The number of likely N-dealkylation sites (N-methyl/N-ethyl adjacent to an activating group) is 2. The summed E-state index contributed by atoms with van der Waals surface area (Å²) >= 11 is 0. The van der Waals surface area contributed by atoms with Crippen LogP contribution in [0, 0.1) is 5.92 Å². The summed E-state index contributed by atoms with van der Waals surface area (Å²) in [4.78, 5) is 36.3. The second kappa shape index (κ2) is 6.58. The third-order valence-corrected chi connectivity index (χ3v) is 3.58. The van der Waals surface area contributed by atoms with E-state index in [1.807, 2.05) is 0 Å². The van der Waals surface area contributed by atoms with E-state index in [0.717, 1.165) is 12.8 Å². The van der Waals surface area contributed by atoms with Crippen LogP contribution < -0.4 is 10.6 Å². The maximum Gasteiger partial charge on any atom is 0.329 e. The summed E-state index contributed by atoms with van der Waals surface area (Å²) in [6.45, 7) is 5.81. The zero-order valence-electron chi connectivity index (χ0n) is 12.2. The van der Waals surface area contributed by atoms with Gasteiger partial charge in [0.25, 0.3) is 0 Å². The highest BCUT2D eigenvalue weighted by Crippen LogP contribution is 2.39. The summed E-state index contributed by atoms with van der Waals surface area (Å²) in [5, 5.41) is 14.5. The Morgan fingerprint density at radius 1 is 1.30 bits per heavy atom. The van der Waals surface area contributed by atoms with Gasteiger partial charge in [0.2, 0.25) is 5.91 Å². The van der Waals surface area contributed by atoms with Crippen molar-refractivity contribution in [3.05, 3.63) is 0 Å². The molecule has 0 aromatic rings. The molecule has 7 nitrogen and oxygen atoms in total. The molecule has 3 N–H and O–H groups in total.